The summed E-state index contributed by atoms with van der Waals surface area (Å²) in [6, 6.07) is 20.8. The first-order valence-corrected chi connectivity index (χ1v) is 9.98. The van der Waals surface area contributed by atoms with E-state index in [4.69, 9.17) is 9.47 Å². The first-order chi connectivity index (χ1) is 15.0. The van der Waals surface area contributed by atoms with Crippen molar-refractivity contribution >= 4 is 22.6 Å². The maximum Gasteiger partial charge on any atom is 0.265 e. The fourth-order valence-corrected chi connectivity index (χ4v) is 3.21. The molecule has 0 bridgehead atoms. The van der Waals surface area contributed by atoms with Gasteiger partial charge in [-0.15, -0.1) is 0 Å². The molecule has 1 N–H and O–H groups in total. The van der Waals surface area contributed by atoms with Gasteiger partial charge in [0.05, 0.1) is 35.7 Å². The molecule has 6 nitrogen and oxygen atoms in total. The highest BCUT2D eigenvalue weighted by Crippen LogP contribution is 2.26. The van der Waals surface area contributed by atoms with Gasteiger partial charge in [0.25, 0.3) is 5.91 Å². The van der Waals surface area contributed by atoms with Gasteiger partial charge in [-0.05, 0) is 67.9 Å². The summed E-state index contributed by atoms with van der Waals surface area (Å²) in [5, 5.41) is 2.87. The lowest BCUT2D eigenvalue weighted by atomic mass is 10.1. The van der Waals surface area contributed by atoms with Crippen LogP contribution >= 0.6 is 0 Å². The lowest BCUT2D eigenvalue weighted by molar-refractivity contribution is -0.122. The van der Waals surface area contributed by atoms with Gasteiger partial charge >= 0.3 is 0 Å². The third kappa shape index (κ3) is 4.64. The number of aryl methyl sites for hydroxylation is 1. The highest BCUT2D eigenvalue weighted by molar-refractivity contribution is 5.95. The Kier molecular flexibility index (Phi) is 5.80. The largest absolute Gasteiger partial charge is 0.495 e. The number of anilines is 1. The highest BCUT2D eigenvalue weighted by Gasteiger charge is 2.17. The van der Waals surface area contributed by atoms with Crippen LogP contribution in [-0.4, -0.2) is 29.1 Å². The number of para-hydroxylation sites is 2. The third-order valence-electron chi connectivity index (χ3n) is 4.89. The Morgan fingerprint density at radius 1 is 1.00 bits per heavy atom. The molecule has 0 fully saturated rings. The van der Waals surface area contributed by atoms with E-state index in [9.17, 15) is 4.79 Å². The Bertz CT molecular complexity index is 1220. The molecular weight excluding hydrogens is 390 g/mol. The monoisotopic (exact) mass is 413 g/mol. The lowest BCUT2D eigenvalue weighted by Gasteiger charge is -2.16. The Balaban J connectivity index is 1.44. The van der Waals surface area contributed by atoms with E-state index >= 15 is 0 Å². The quantitative estimate of drug-likeness (QED) is 0.480. The number of benzene rings is 3. The number of amides is 1. The number of carbonyl (C=O) groups excluding carboxylic acids is 1. The molecular formula is C25H23N3O3. The van der Waals surface area contributed by atoms with E-state index in [1.807, 2.05) is 73.7 Å². The second-order valence-electron chi connectivity index (χ2n) is 7.22. The van der Waals surface area contributed by atoms with Crippen LogP contribution in [0.15, 0.2) is 72.9 Å². The molecule has 1 atom stereocenters. The van der Waals surface area contributed by atoms with Crippen molar-refractivity contribution in [2.45, 2.75) is 20.0 Å². The predicted octanol–water partition coefficient (Wildman–Crippen LogP) is 5.02. The SMILES string of the molecule is COc1ccc(C)cc1NC(=O)C(C)Oc1ccc(-c2cnc3ccccc3n2)cc1. The van der Waals surface area contributed by atoms with E-state index in [0.29, 0.717) is 17.2 Å². The molecule has 0 saturated carbocycles. The van der Waals surface area contributed by atoms with E-state index in [1.54, 1.807) is 20.2 Å². The van der Waals surface area contributed by atoms with Crippen LogP contribution in [0, 0.1) is 6.92 Å². The number of fused-ring (bicyclic) bond motifs is 1. The minimum Gasteiger partial charge on any atom is -0.495 e. The molecule has 156 valence electrons. The normalized spacial score (nSPS) is 11.7. The van der Waals surface area contributed by atoms with Gasteiger partial charge in [0.1, 0.15) is 11.5 Å². The molecule has 1 unspecified atom stereocenters. The van der Waals surface area contributed by atoms with E-state index in [1.165, 1.54) is 0 Å². The summed E-state index contributed by atoms with van der Waals surface area (Å²) in [4.78, 5) is 21.7. The second kappa shape index (κ2) is 8.83. The summed E-state index contributed by atoms with van der Waals surface area (Å²) < 4.78 is 11.1. The van der Waals surface area contributed by atoms with Gasteiger partial charge in [-0.2, -0.15) is 0 Å². The van der Waals surface area contributed by atoms with Crippen molar-refractivity contribution in [2.75, 3.05) is 12.4 Å². The lowest BCUT2D eigenvalue weighted by Crippen LogP contribution is -2.30. The summed E-state index contributed by atoms with van der Waals surface area (Å²) in [6.45, 7) is 3.66. The van der Waals surface area contributed by atoms with Gasteiger partial charge in [0, 0.05) is 5.56 Å². The molecule has 4 aromatic rings. The van der Waals surface area contributed by atoms with Crippen molar-refractivity contribution < 1.29 is 14.3 Å². The molecule has 6 heteroatoms. The molecule has 1 aromatic heterocycles. The molecule has 0 radical (unpaired) electrons. The first-order valence-electron chi connectivity index (χ1n) is 9.98. The number of hydrogen-bond acceptors (Lipinski definition) is 5. The van der Waals surface area contributed by atoms with E-state index in [-0.39, 0.29) is 5.91 Å². The number of rotatable bonds is 6. The zero-order valence-corrected chi connectivity index (χ0v) is 17.6. The first kappa shape index (κ1) is 20.3. The number of carbonyl (C=O) groups is 1. The number of hydrogen-bond donors (Lipinski definition) is 1. The molecule has 0 spiro atoms. The smallest absolute Gasteiger partial charge is 0.265 e. The number of aromatic nitrogens is 2. The van der Waals surface area contributed by atoms with E-state index in [0.717, 1.165) is 27.9 Å². The van der Waals surface area contributed by atoms with Crippen LogP contribution in [-0.2, 0) is 4.79 Å². The van der Waals surface area contributed by atoms with Crippen LogP contribution in [0.25, 0.3) is 22.3 Å². The molecule has 0 aliphatic heterocycles. The summed E-state index contributed by atoms with van der Waals surface area (Å²) in [5.41, 5.74) is 5.05. The highest BCUT2D eigenvalue weighted by atomic mass is 16.5. The van der Waals surface area contributed by atoms with E-state index < -0.39 is 6.10 Å². The minimum absolute atomic E-state index is 0.256. The second-order valence-corrected chi connectivity index (χ2v) is 7.22. The van der Waals surface area contributed by atoms with Crippen LogP contribution in [0.2, 0.25) is 0 Å². The van der Waals surface area contributed by atoms with Crippen molar-refractivity contribution in [3.05, 3.63) is 78.5 Å². The Morgan fingerprint density at radius 2 is 1.74 bits per heavy atom. The van der Waals surface area contributed by atoms with Gasteiger partial charge < -0.3 is 14.8 Å². The Morgan fingerprint density at radius 3 is 2.48 bits per heavy atom. The third-order valence-corrected chi connectivity index (χ3v) is 4.89. The Hall–Kier alpha value is -3.93. The maximum absolute atomic E-state index is 12.6. The molecule has 4 rings (SSSR count). The number of nitrogens with zero attached hydrogens (tertiary/aromatic N) is 2. The van der Waals surface area contributed by atoms with Gasteiger partial charge in [0.15, 0.2) is 6.10 Å². The predicted molar refractivity (Wildman–Crippen MR) is 121 cm³/mol. The fourth-order valence-electron chi connectivity index (χ4n) is 3.21. The molecule has 0 aliphatic rings. The average Bonchev–Trinajstić information content (AvgIpc) is 2.79. The van der Waals surface area contributed by atoms with Crippen molar-refractivity contribution in [1.82, 2.24) is 9.97 Å². The molecule has 0 saturated heterocycles. The molecule has 1 heterocycles. The summed E-state index contributed by atoms with van der Waals surface area (Å²) in [5.74, 6) is 0.941. The minimum atomic E-state index is -0.684. The van der Waals surface area contributed by atoms with Gasteiger partial charge in [-0.25, -0.2) is 4.98 Å². The van der Waals surface area contributed by atoms with Crippen molar-refractivity contribution in [2.24, 2.45) is 0 Å². The van der Waals surface area contributed by atoms with Crippen LogP contribution in [0.3, 0.4) is 0 Å². The molecule has 31 heavy (non-hydrogen) atoms. The zero-order valence-electron chi connectivity index (χ0n) is 17.6. The number of methoxy groups -OCH3 is 1. The van der Waals surface area contributed by atoms with Crippen molar-refractivity contribution in [1.29, 1.82) is 0 Å². The number of nitrogens with one attached hydrogen (secondary N) is 1. The summed E-state index contributed by atoms with van der Waals surface area (Å²) in [6.07, 6.45) is 1.07. The Labute approximate surface area is 180 Å². The van der Waals surface area contributed by atoms with Gasteiger partial charge in [-0.1, -0.05) is 18.2 Å². The standard InChI is InChI=1S/C25H23N3O3/c1-16-8-13-24(30-3)22(14-16)28-25(29)17(2)31-19-11-9-18(10-12-19)23-15-26-20-6-4-5-7-21(20)27-23/h4-15,17H,1-3H3,(H,28,29). The van der Waals surface area contributed by atoms with E-state index in [2.05, 4.69) is 15.3 Å². The summed E-state index contributed by atoms with van der Waals surface area (Å²) >= 11 is 0. The molecule has 1 amide bonds. The van der Waals surface area contributed by atoms with Crippen molar-refractivity contribution in [3.8, 4) is 22.8 Å². The average molecular weight is 413 g/mol. The maximum atomic E-state index is 12.6. The topological polar surface area (TPSA) is 73.3 Å². The zero-order chi connectivity index (χ0) is 21.8. The van der Waals surface area contributed by atoms with Crippen LogP contribution in [0.5, 0.6) is 11.5 Å². The van der Waals surface area contributed by atoms with Gasteiger partial charge in [0.2, 0.25) is 0 Å². The molecule has 3 aromatic carbocycles. The molecule has 0 aliphatic carbocycles. The van der Waals surface area contributed by atoms with Crippen LogP contribution in [0.1, 0.15) is 12.5 Å². The van der Waals surface area contributed by atoms with Crippen LogP contribution < -0.4 is 14.8 Å². The van der Waals surface area contributed by atoms with Crippen LogP contribution in [0.4, 0.5) is 5.69 Å². The fraction of sp³-hybridized carbons (Fsp3) is 0.160. The summed E-state index contributed by atoms with van der Waals surface area (Å²) in [7, 11) is 1.57. The van der Waals surface area contributed by atoms with Crippen molar-refractivity contribution in [3.63, 3.8) is 0 Å². The van der Waals surface area contributed by atoms with Gasteiger partial charge in [-0.3, -0.25) is 9.78 Å². The number of ether oxygens (including phenoxy) is 2.